The highest BCUT2D eigenvalue weighted by atomic mass is 16.7. The zero-order chi connectivity index (χ0) is 29.6. The Bertz CT molecular complexity index is 1660. The van der Waals surface area contributed by atoms with Crippen LogP contribution in [0, 0.1) is 0 Å². The number of rotatable bonds is 13. The zero-order valence-corrected chi connectivity index (χ0v) is 24.8. The van der Waals surface area contributed by atoms with Crippen LogP contribution in [0.1, 0.15) is 43.9 Å². The van der Waals surface area contributed by atoms with Crippen molar-refractivity contribution in [2.24, 2.45) is 0 Å². The highest BCUT2D eigenvalue weighted by Crippen LogP contribution is 2.32. The molecule has 1 fully saturated rings. The fraction of sp³-hybridized carbons (Fsp3) is 0.324. The number of hydrogen-bond acceptors (Lipinski definition) is 6. The molecule has 3 aromatic carbocycles. The Morgan fingerprint density at radius 1 is 0.953 bits per heavy atom. The van der Waals surface area contributed by atoms with Gasteiger partial charge < -0.3 is 15.3 Å². The molecule has 9 nitrogen and oxygen atoms in total. The summed E-state index contributed by atoms with van der Waals surface area (Å²) in [5, 5.41) is 6.87. The van der Waals surface area contributed by atoms with Crippen molar-refractivity contribution in [3.05, 3.63) is 84.7 Å². The molecule has 6 rings (SSSR count). The van der Waals surface area contributed by atoms with Crippen LogP contribution >= 0.6 is 0 Å². The topological polar surface area (TPSA) is 102 Å². The Morgan fingerprint density at radius 2 is 1.65 bits per heavy atom. The molecule has 1 aliphatic heterocycles. The highest BCUT2D eigenvalue weighted by Gasteiger charge is 2.25. The van der Waals surface area contributed by atoms with E-state index in [1.54, 1.807) is 0 Å². The van der Waals surface area contributed by atoms with Gasteiger partial charge in [0, 0.05) is 18.7 Å². The molecule has 0 radical (unpaired) electrons. The van der Waals surface area contributed by atoms with Crippen LogP contribution in [-0.4, -0.2) is 69.6 Å². The minimum absolute atomic E-state index is 0.390. The number of amides is 1. The average Bonchev–Trinajstić information content (AvgIpc) is 3.80. The number of fused-ring (bicyclic) bond motifs is 1. The van der Waals surface area contributed by atoms with E-state index in [2.05, 4.69) is 105 Å². The molecule has 222 valence electrons. The Labute approximate surface area is 252 Å². The minimum atomic E-state index is 0.390. The number of nitrogens with zero attached hydrogens (tertiary/aromatic N) is 4. The van der Waals surface area contributed by atoms with Gasteiger partial charge in [0.1, 0.15) is 11.6 Å². The summed E-state index contributed by atoms with van der Waals surface area (Å²) in [6.45, 7) is 5.46. The summed E-state index contributed by atoms with van der Waals surface area (Å²) in [5.74, 6) is 1.90. The van der Waals surface area contributed by atoms with E-state index in [9.17, 15) is 4.79 Å². The van der Waals surface area contributed by atoms with Gasteiger partial charge >= 0.3 is 0 Å². The van der Waals surface area contributed by atoms with Crippen molar-refractivity contribution >= 4 is 17.2 Å². The van der Waals surface area contributed by atoms with E-state index in [0.29, 0.717) is 32.1 Å². The second-order valence-electron chi connectivity index (χ2n) is 11.2. The van der Waals surface area contributed by atoms with Crippen LogP contribution < -0.4 is 5.32 Å². The van der Waals surface area contributed by atoms with Crippen molar-refractivity contribution in [1.82, 2.24) is 35.2 Å². The van der Waals surface area contributed by atoms with E-state index in [1.807, 2.05) is 17.5 Å². The van der Waals surface area contributed by atoms with Crippen LogP contribution in [0.5, 0.6) is 0 Å². The molecule has 5 aromatic rings. The summed E-state index contributed by atoms with van der Waals surface area (Å²) in [6.07, 6.45) is 7.85. The van der Waals surface area contributed by atoms with E-state index >= 15 is 0 Å². The van der Waals surface area contributed by atoms with Crippen LogP contribution in [0.4, 0.5) is 0 Å². The van der Waals surface area contributed by atoms with Gasteiger partial charge in [-0.25, -0.2) is 9.97 Å². The van der Waals surface area contributed by atoms with Crippen molar-refractivity contribution in [3.8, 4) is 33.6 Å². The number of aromatic amines is 2. The summed E-state index contributed by atoms with van der Waals surface area (Å²) in [6, 6.07) is 22.2. The monoisotopic (exact) mass is 577 g/mol. The van der Waals surface area contributed by atoms with Gasteiger partial charge in [0.25, 0.3) is 0 Å². The SMILES string of the molecule is CCCN(Cc1ncc(-c2ccc3cc(-c4ccc(-c5cnc(C6CCCN6C)[nH]5)cc4)ccc3c2)[nH]1)OCCNC=O. The maximum Gasteiger partial charge on any atom is 0.207 e. The second-order valence-corrected chi connectivity index (χ2v) is 11.2. The molecule has 0 aliphatic carbocycles. The number of nitrogens with one attached hydrogen (secondary N) is 3. The van der Waals surface area contributed by atoms with Gasteiger partial charge in [-0.3, -0.25) is 14.5 Å². The molecule has 0 bridgehead atoms. The standard InChI is InChI=1S/C34H39N7O2/c1-3-15-41(43-17-14-35-23-42)22-33-36-20-31(38-33)29-13-12-27-18-26(10-11-28(27)19-29)24-6-8-25(9-7-24)30-21-37-34(39-30)32-5-4-16-40(32)2/h6-13,18-21,23,32H,3-5,14-17,22H2,1-2H3,(H,35,42)(H,36,38)(H,37,39). The summed E-state index contributed by atoms with van der Waals surface area (Å²) in [5.41, 5.74) is 6.64. The molecule has 0 saturated carbocycles. The lowest BCUT2D eigenvalue weighted by atomic mass is 9.98. The van der Waals surface area contributed by atoms with Crippen molar-refractivity contribution < 1.29 is 9.63 Å². The van der Waals surface area contributed by atoms with Crippen molar-refractivity contribution in [3.63, 3.8) is 0 Å². The first-order chi connectivity index (χ1) is 21.1. The van der Waals surface area contributed by atoms with Gasteiger partial charge in [-0.05, 0) is 72.5 Å². The lowest BCUT2D eigenvalue weighted by molar-refractivity contribution is -0.166. The second kappa shape index (κ2) is 13.3. The molecule has 3 heterocycles. The molecule has 9 heteroatoms. The highest BCUT2D eigenvalue weighted by molar-refractivity contribution is 5.90. The molecule has 0 spiro atoms. The molecular formula is C34H39N7O2. The molecule has 1 unspecified atom stereocenters. The first-order valence-corrected chi connectivity index (χ1v) is 15.1. The van der Waals surface area contributed by atoms with Crippen LogP contribution in [0.15, 0.2) is 73.1 Å². The fourth-order valence-electron chi connectivity index (χ4n) is 5.83. The van der Waals surface area contributed by atoms with Crippen molar-refractivity contribution in [2.75, 3.05) is 33.3 Å². The third-order valence-corrected chi connectivity index (χ3v) is 8.14. The van der Waals surface area contributed by atoms with Crippen LogP contribution in [0.2, 0.25) is 0 Å². The van der Waals surface area contributed by atoms with Gasteiger partial charge in [0.05, 0.1) is 43.0 Å². The third kappa shape index (κ3) is 6.69. The van der Waals surface area contributed by atoms with Crippen LogP contribution in [0.25, 0.3) is 44.4 Å². The number of aromatic nitrogens is 4. The number of H-pyrrole nitrogens is 2. The lowest BCUT2D eigenvalue weighted by Crippen LogP contribution is -2.29. The molecule has 1 amide bonds. The normalized spacial score (nSPS) is 15.5. The fourth-order valence-corrected chi connectivity index (χ4v) is 5.83. The molecule has 1 aliphatic rings. The predicted molar refractivity (Wildman–Crippen MR) is 170 cm³/mol. The number of carbonyl (C=O) groups is 1. The number of hydrogen-bond donors (Lipinski definition) is 3. The maximum atomic E-state index is 10.5. The quantitative estimate of drug-likeness (QED) is 0.0909. The smallest absolute Gasteiger partial charge is 0.207 e. The number of benzene rings is 3. The molecule has 1 saturated heterocycles. The Kier molecular flexibility index (Phi) is 8.93. The molecule has 3 N–H and O–H groups in total. The summed E-state index contributed by atoms with van der Waals surface area (Å²) in [7, 11) is 2.17. The van der Waals surface area contributed by atoms with E-state index in [1.165, 1.54) is 28.3 Å². The Morgan fingerprint density at radius 3 is 2.40 bits per heavy atom. The minimum Gasteiger partial charge on any atom is -0.356 e. The Balaban J connectivity index is 1.13. The average molecular weight is 578 g/mol. The van der Waals surface area contributed by atoms with E-state index < -0.39 is 0 Å². The number of likely N-dealkylation sites (tertiary alicyclic amines) is 1. The first-order valence-electron chi connectivity index (χ1n) is 15.1. The van der Waals surface area contributed by atoms with Crippen LogP contribution in [0.3, 0.4) is 0 Å². The largest absolute Gasteiger partial charge is 0.356 e. The molecular weight excluding hydrogens is 538 g/mol. The van der Waals surface area contributed by atoms with Gasteiger partial charge in [0.2, 0.25) is 6.41 Å². The molecule has 2 aromatic heterocycles. The van der Waals surface area contributed by atoms with Crippen molar-refractivity contribution in [2.45, 2.75) is 38.8 Å². The molecule has 1 atom stereocenters. The van der Waals surface area contributed by atoms with Crippen molar-refractivity contribution in [1.29, 1.82) is 0 Å². The first kappa shape index (κ1) is 28.8. The Hall–Kier alpha value is -4.31. The summed E-state index contributed by atoms with van der Waals surface area (Å²) in [4.78, 5) is 34.9. The van der Waals surface area contributed by atoms with Gasteiger partial charge in [-0.15, -0.1) is 0 Å². The lowest BCUT2D eigenvalue weighted by Gasteiger charge is -2.20. The van der Waals surface area contributed by atoms with Gasteiger partial charge in [-0.1, -0.05) is 55.5 Å². The van der Waals surface area contributed by atoms with E-state index in [-0.39, 0.29) is 0 Å². The maximum absolute atomic E-state index is 10.5. The zero-order valence-electron chi connectivity index (χ0n) is 24.8. The van der Waals surface area contributed by atoms with E-state index in [0.717, 1.165) is 60.1 Å². The number of imidazole rings is 2. The van der Waals surface area contributed by atoms with Crippen LogP contribution in [-0.2, 0) is 16.2 Å². The molecule has 43 heavy (non-hydrogen) atoms. The number of hydroxylamine groups is 2. The summed E-state index contributed by atoms with van der Waals surface area (Å²) >= 11 is 0. The predicted octanol–water partition coefficient (Wildman–Crippen LogP) is 5.94. The summed E-state index contributed by atoms with van der Waals surface area (Å²) < 4.78 is 0. The van der Waals surface area contributed by atoms with E-state index in [4.69, 9.17) is 4.84 Å². The van der Waals surface area contributed by atoms with Gasteiger partial charge in [-0.2, -0.15) is 5.06 Å². The number of carbonyl (C=O) groups excluding carboxylic acids is 1. The van der Waals surface area contributed by atoms with Gasteiger partial charge in [0.15, 0.2) is 0 Å². The third-order valence-electron chi connectivity index (χ3n) is 8.14.